The number of hydrogen-bond acceptors (Lipinski definition) is 7. The summed E-state index contributed by atoms with van der Waals surface area (Å²) in [5, 5.41) is 22.7. The van der Waals surface area contributed by atoms with Crippen LogP contribution in [0.4, 0.5) is 23.0 Å². The standard InChI is InChI=1S/C19H18N6O2S/c1-28(26,27)12-13-6-8-14(9-7-13)21-15-10-18(24-20-11-15)22-19-16-4-2-3-5-17(16)23-25-19/h2-11H,12H2,1H3,(H3,21,22,23,24,25). The fourth-order valence-corrected chi connectivity index (χ4v) is 3.63. The molecule has 28 heavy (non-hydrogen) atoms. The largest absolute Gasteiger partial charge is 0.354 e. The molecule has 3 N–H and O–H groups in total. The molecule has 0 aliphatic rings. The zero-order chi connectivity index (χ0) is 19.6. The highest BCUT2D eigenvalue weighted by atomic mass is 32.2. The van der Waals surface area contributed by atoms with Crippen LogP contribution in [0.25, 0.3) is 10.9 Å². The molecular formula is C19H18N6O2S. The second-order valence-electron chi connectivity index (χ2n) is 6.46. The van der Waals surface area contributed by atoms with Crippen LogP contribution in [0.1, 0.15) is 5.56 Å². The molecule has 0 radical (unpaired) electrons. The maximum atomic E-state index is 11.4. The molecule has 0 aliphatic heterocycles. The second kappa shape index (κ2) is 7.28. The Morgan fingerprint density at radius 1 is 1.00 bits per heavy atom. The van der Waals surface area contributed by atoms with Crippen LogP contribution in [-0.2, 0) is 15.6 Å². The van der Waals surface area contributed by atoms with Gasteiger partial charge in [-0.2, -0.15) is 10.2 Å². The molecule has 0 atom stereocenters. The summed E-state index contributed by atoms with van der Waals surface area (Å²) in [5.41, 5.74) is 3.24. The number of para-hydroxylation sites is 1. The quantitative estimate of drug-likeness (QED) is 0.459. The maximum absolute atomic E-state index is 11.4. The summed E-state index contributed by atoms with van der Waals surface area (Å²) >= 11 is 0. The molecule has 4 rings (SSSR count). The van der Waals surface area contributed by atoms with Gasteiger partial charge >= 0.3 is 0 Å². The van der Waals surface area contributed by atoms with Crippen molar-refractivity contribution in [2.45, 2.75) is 5.75 Å². The highest BCUT2D eigenvalue weighted by Crippen LogP contribution is 2.24. The van der Waals surface area contributed by atoms with Gasteiger partial charge in [0.25, 0.3) is 0 Å². The average Bonchev–Trinajstić information content (AvgIpc) is 3.06. The second-order valence-corrected chi connectivity index (χ2v) is 8.60. The molecule has 0 amide bonds. The Labute approximate surface area is 161 Å². The van der Waals surface area contributed by atoms with Crippen molar-refractivity contribution in [1.29, 1.82) is 0 Å². The zero-order valence-corrected chi connectivity index (χ0v) is 15.9. The summed E-state index contributed by atoms with van der Waals surface area (Å²) in [6.45, 7) is 0. The molecule has 142 valence electrons. The molecule has 2 aromatic carbocycles. The van der Waals surface area contributed by atoms with Crippen molar-refractivity contribution in [3.63, 3.8) is 0 Å². The van der Waals surface area contributed by atoms with Crippen LogP contribution in [-0.4, -0.2) is 35.1 Å². The number of aromatic amines is 1. The number of rotatable bonds is 6. The third-order valence-corrected chi connectivity index (χ3v) is 4.90. The van der Waals surface area contributed by atoms with E-state index in [0.29, 0.717) is 11.6 Å². The van der Waals surface area contributed by atoms with E-state index < -0.39 is 9.84 Å². The van der Waals surface area contributed by atoms with Gasteiger partial charge in [0.15, 0.2) is 21.5 Å². The topological polar surface area (TPSA) is 113 Å². The lowest BCUT2D eigenvalue weighted by Crippen LogP contribution is -2.01. The number of nitrogens with one attached hydrogen (secondary N) is 3. The number of hydrogen-bond donors (Lipinski definition) is 3. The van der Waals surface area contributed by atoms with Gasteiger partial charge in [-0.25, -0.2) is 8.42 Å². The number of fused-ring (bicyclic) bond motifs is 1. The highest BCUT2D eigenvalue weighted by Gasteiger charge is 2.08. The van der Waals surface area contributed by atoms with Crippen molar-refractivity contribution in [2.75, 3.05) is 16.9 Å². The van der Waals surface area contributed by atoms with Crippen molar-refractivity contribution in [2.24, 2.45) is 0 Å². The Kier molecular flexibility index (Phi) is 4.66. The van der Waals surface area contributed by atoms with Crippen molar-refractivity contribution in [3.8, 4) is 0 Å². The minimum Gasteiger partial charge on any atom is -0.354 e. The van der Waals surface area contributed by atoms with Gasteiger partial charge in [-0.1, -0.05) is 24.3 Å². The number of benzene rings is 2. The van der Waals surface area contributed by atoms with E-state index in [1.165, 1.54) is 6.26 Å². The Morgan fingerprint density at radius 3 is 2.57 bits per heavy atom. The summed E-state index contributed by atoms with van der Waals surface area (Å²) in [6, 6.07) is 16.8. The zero-order valence-electron chi connectivity index (χ0n) is 15.0. The number of anilines is 4. The van der Waals surface area contributed by atoms with E-state index in [1.807, 2.05) is 42.5 Å². The third-order valence-electron chi connectivity index (χ3n) is 4.04. The number of sulfone groups is 1. The predicted octanol–water partition coefficient (Wildman–Crippen LogP) is 3.38. The molecule has 0 saturated heterocycles. The van der Waals surface area contributed by atoms with Gasteiger partial charge in [-0.3, -0.25) is 5.10 Å². The normalized spacial score (nSPS) is 11.5. The molecule has 0 aliphatic carbocycles. The molecule has 8 nitrogen and oxygen atoms in total. The molecule has 9 heteroatoms. The molecule has 2 aromatic heterocycles. The Hall–Kier alpha value is -3.46. The van der Waals surface area contributed by atoms with Gasteiger partial charge in [-0.05, 0) is 29.8 Å². The van der Waals surface area contributed by atoms with E-state index in [9.17, 15) is 8.42 Å². The molecule has 4 aromatic rings. The van der Waals surface area contributed by atoms with Crippen LogP contribution in [0.3, 0.4) is 0 Å². The Morgan fingerprint density at radius 2 is 1.79 bits per heavy atom. The number of H-pyrrole nitrogens is 1. The molecule has 2 heterocycles. The summed E-state index contributed by atoms with van der Waals surface area (Å²) < 4.78 is 22.8. The van der Waals surface area contributed by atoms with E-state index in [4.69, 9.17) is 0 Å². The number of nitrogens with zero attached hydrogens (tertiary/aromatic N) is 3. The van der Waals surface area contributed by atoms with Gasteiger partial charge in [0.05, 0.1) is 23.2 Å². The van der Waals surface area contributed by atoms with Crippen LogP contribution >= 0.6 is 0 Å². The van der Waals surface area contributed by atoms with Crippen molar-refractivity contribution < 1.29 is 8.42 Å². The monoisotopic (exact) mass is 394 g/mol. The maximum Gasteiger partial charge on any atom is 0.161 e. The highest BCUT2D eigenvalue weighted by molar-refractivity contribution is 7.89. The Balaban J connectivity index is 1.49. The van der Waals surface area contributed by atoms with Crippen molar-refractivity contribution >= 4 is 43.8 Å². The minimum absolute atomic E-state index is 0.0236. The van der Waals surface area contributed by atoms with Gasteiger partial charge in [0.1, 0.15) is 0 Å². The van der Waals surface area contributed by atoms with E-state index in [2.05, 4.69) is 31.0 Å². The lowest BCUT2D eigenvalue weighted by molar-refractivity contribution is 0.601. The van der Waals surface area contributed by atoms with Crippen LogP contribution in [0.5, 0.6) is 0 Å². The molecule has 0 fully saturated rings. The first-order chi connectivity index (χ1) is 13.5. The van der Waals surface area contributed by atoms with E-state index in [0.717, 1.165) is 27.8 Å². The van der Waals surface area contributed by atoms with Crippen LogP contribution in [0.15, 0.2) is 60.8 Å². The van der Waals surface area contributed by atoms with Crippen molar-refractivity contribution in [1.82, 2.24) is 20.4 Å². The van der Waals surface area contributed by atoms with Gasteiger partial charge < -0.3 is 10.6 Å². The lowest BCUT2D eigenvalue weighted by atomic mass is 10.2. The minimum atomic E-state index is -3.05. The molecule has 0 unspecified atom stereocenters. The first kappa shape index (κ1) is 17.9. The summed E-state index contributed by atoms with van der Waals surface area (Å²) in [4.78, 5) is 0. The molecule has 0 saturated carbocycles. The van der Waals surface area contributed by atoms with Gasteiger partial charge in [0.2, 0.25) is 0 Å². The summed E-state index contributed by atoms with van der Waals surface area (Å²) in [7, 11) is -3.05. The summed E-state index contributed by atoms with van der Waals surface area (Å²) in [6.07, 6.45) is 2.83. The van der Waals surface area contributed by atoms with E-state index in [1.54, 1.807) is 18.3 Å². The van der Waals surface area contributed by atoms with E-state index >= 15 is 0 Å². The predicted molar refractivity (Wildman–Crippen MR) is 110 cm³/mol. The van der Waals surface area contributed by atoms with Crippen LogP contribution in [0, 0.1) is 0 Å². The van der Waals surface area contributed by atoms with Gasteiger partial charge in [-0.15, -0.1) is 5.10 Å². The van der Waals surface area contributed by atoms with Crippen LogP contribution in [0.2, 0.25) is 0 Å². The van der Waals surface area contributed by atoms with Crippen LogP contribution < -0.4 is 10.6 Å². The lowest BCUT2D eigenvalue weighted by Gasteiger charge is -2.08. The first-order valence-electron chi connectivity index (χ1n) is 8.53. The third kappa shape index (κ3) is 4.26. The van der Waals surface area contributed by atoms with Gasteiger partial charge in [0, 0.05) is 23.4 Å². The number of aromatic nitrogens is 4. The SMILES string of the molecule is CS(=O)(=O)Cc1ccc(Nc2cnnc(Nc3n[nH]c4ccccc34)c2)cc1. The fraction of sp³-hybridized carbons (Fsp3) is 0.105. The molecule has 0 bridgehead atoms. The Bertz CT molecular complexity index is 1220. The van der Waals surface area contributed by atoms with E-state index in [-0.39, 0.29) is 5.75 Å². The van der Waals surface area contributed by atoms with Crippen molar-refractivity contribution in [3.05, 3.63) is 66.4 Å². The molecule has 0 spiro atoms. The average molecular weight is 394 g/mol. The summed E-state index contributed by atoms with van der Waals surface area (Å²) in [5.74, 6) is 1.25. The molecular weight excluding hydrogens is 376 g/mol. The first-order valence-corrected chi connectivity index (χ1v) is 10.6. The smallest absolute Gasteiger partial charge is 0.161 e. The fourth-order valence-electron chi connectivity index (χ4n) is 2.83.